The molecule has 31 heavy (non-hydrogen) atoms. The number of hydrogen-bond donors (Lipinski definition) is 0. The van der Waals surface area contributed by atoms with Crippen LogP contribution in [0.15, 0.2) is 70.1 Å². The number of thiophene rings is 1. The Labute approximate surface area is 190 Å². The molecule has 0 bridgehead atoms. The first-order valence-corrected chi connectivity index (χ1v) is 13.2. The summed E-state index contributed by atoms with van der Waals surface area (Å²) in [6.45, 7) is 4.84. The third-order valence-electron chi connectivity index (χ3n) is 5.26. The van der Waals surface area contributed by atoms with Crippen molar-refractivity contribution in [3.63, 3.8) is 0 Å². The molecule has 3 aromatic rings. The highest BCUT2D eigenvalue weighted by atomic mass is 32.2. The number of piperidine rings is 1. The zero-order chi connectivity index (χ0) is 21.8. The largest absolute Gasteiger partial charge is 0.284 e. The molecule has 1 fully saturated rings. The molecule has 162 valence electrons. The van der Waals surface area contributed by atoms with Crippen LogP contribution in [0.1, 0.15) is 12.8 Å². The average molecular weight is 474 g/mol. The molecule has 0 saturated carbocycles. The number of rotatable bonds is 7. The lowest BCUT2D eigenvalue weighted by Crippen LogP contribution is -2.44. The molecule has 1 amide bonds. The number of aromatic nitrogens is 1. The zero-order valence-electron chi connectivity index (χ0n) is 16.9. The van der Waals surface area contributed by atoms with Crippen LogP contribution in [-0.4, -0.2) is 43.2 Å². The van der Waals surface area contributed by atoms with Crippen LogP contribution in [0, 0.1) is 5.92 Å². The van der Waals surface area contributed by atoms with Gasteiger partial charge in [-0.3, -0.25) is 9.69 Å². The van der Waals surface area contributed by atoms with Crippen molar-refractivity contribution in [3.8, 4) is 11.3 Å². The van der Waals surface area contributed by atoms with Gasteiger partial charge in [0.25, 0.3) is 10.0 Å². The molecule has 1 aromatic carbocycles. The lowest BCUT2D eigenvalue weighted by atomic mass is 9.96. The Hall–Kier alpha value is -2.33. The average Bonchev–Trinajstić information content (AvgIpc) is 3.51. The quantitative estimate of drug-likeness (QED) is 0.474. The number of benzene rings is 1. The van der Waals surface area contributed by atoms with E-state index in [0.717, 1.165) is 11.3 Å². The second kappa shape index (κ2) is 9.44. The Balaban J connectivity index is 1.46. The Morgan fingerprint density at radius 2 is 1.90 bits per heavy atom. The van der Waals surface area contributed by atoms with Crippen LogP contribution >= 0.6 is 22.7 Å². The number of carbonyl (C=O) groups excluding carboxylic acids is 1. The van der Waals surface area contributed by atoms with Crippen molar-refractivity contribution in [3.05, 3.63) is 65.9 Å². The van der Waals surface area contributed by atoms with E-state index >= 15 is 0 Å². The summed E-state index contributed by atoms with van der Waals surface area (Å²) in [5.74, 6) is -0.263. The van der Waals surface area contributed by atoms with E-state index in [-0.39, 0.29) is 11.8 Å². The van der Waals surface area contributed by atoms with Gasteiger partial charge in [-0.25, -0.2) is 13.4 Å². The molecule has 2 aromatic heterocycles. The van der Waals surface area contributed by atoms with Gasteiger partial charge in [-0.1, -0.05) is 42.5 Å². The predicted octanol–water partition coefficient (Wildman–Crippen LogP) is 4.49. The third-order valence-corrected chi connectivity index (χ3v) is 9.40. The van der Waals surface area contributed by atoms with Crippen molar-refractivity contribution >= 4 is 43.7 Å². The van der Waals surface area contributed by atoms with Gasteiger partial charge >= 0.3 is 0 Å². The number of nitrogens with zero attached hydrogens (tertiary/aromatic N) is 3. The smallest absolute Gasteiger partial charge is 0.252 e. The molecule has 9 heteroatoms. The third kappa shape index (κ3) is 4.64. The van der Waals surface area contributed by atoms with Crippen LogP contribution in [0.2, 0.25) is 0 Å². The Morgan fingerprint density at radius 1 is 1.16 bits per heavy atom. The highest BCUT2D eigenvalue weighted by Crippen LogP contribution is 2.31. The summed E-state index contributed by atoms with van der Waals surface area (Å²) in [6, 6.07) is 13.2. The normalized spacial score (nSPS) is 15.6. The standard InChI is InChI=1S/C22H23N3O3S3/c1-2-12-25(22-23-19(16-30-22)17-7-4-3-5-8-17)21(26)18-10-13-24(14-11-18)31(27,28)20-9-6-15-29-20/h2-9,15-16,18H,1,10-14H2. The van der Waals surface area contributed by atoms with E-state index in [2.05, 4.69) is 11.6 Å². The minimum Gasteiger partial charge on any atom is -0.284 e. The number of carbonyl (C=O) groups is 1. The van der Waals surface area contributed by atoms with Gasteiger partial charge in [0.1, 0.15) is 4.21 Å². The monoisotopic (exact) mass is 473 g/mol. The van der Waals surface area contributed by atoms with Gasteiger partial charge in [0.15, 0.2) is 5.13 Å². The highest BCUT2D eigenvalue weighted by Gasteiger charge is 2.35. The molecule has 1 aliphatic heterocycles. The highest BCUT2D eigenvalue weighted by molar-refractivity contribution is 7.91. The Kier molecular flexibility index (Phi) is 6.66. The van der Waals surface area contributed by atoms with Gasteiger partial charge in [0.2, 0.25) is 5.91 Å². The zero-order valence-corrected chi connectivity index (χ0v) is 19.3. The first kappa shape index (κ1) is 21.9. The van der Waals surface area contributed by atoms with Crippen LogP contribution in [-0.2, 0) is 14.8 Å². The van der Waals surface area contributed by atoms with Crippen LogP contribution < -0.4 is 4.90 Å². The van der Waals surface area contributed by atoms with Gasteiger partial charge in [-0.2, -0.15) is 4.31 Å². The number of hydrogen-bond acceptors (Lipinski definition) is 6. The summed E-state index contributed by atoms with van der Waals surface area (Å²) >= 11 is 2.65. The maximum absolute atomic E-state index is 13.3. The SMILES string of the molecule is C=CCN(C(=O)C1CCN(S(=O)(=O)c2cccs2)CC1)c1nc(-c2ccccc2)cs1. The molecule has 0 radical (unpaired) electrons. The maximum Gasteiger partial charge on any atom is 0.252 e. The number of anilines is 1. The molecule has 3 heterocycles. The van der Waals surface area contributed by atoms with E-state index in [0.29, 0.717) is 41.8 Å². The summed E-state index contributed by atoms with van der Waals surface area (Å²) in [4.78, 5) is 19.6. The van der Waals surface area contributed by atoms with E-state index in [1.165, 1.54) is 27.0 Å². The van der Waals surface area contributed by atoms with E-state index in [4.69, 9.17) is 0 Å². The lowest BCUT2D eigenvalue weighted by Gasteiger charge is -2.32. The number of sulfonamides is 1. The number of amides is 1. The molecule has 0 atom stereocenters. The summed E-state index contributed by atoms with van der Waals surface area (Å²) in [5, 5.41) is 4.34. The van der Waals surface area contributed by atoms with Crippen LogP contribution in [0.5, 0.6) is 0 Å². The van der Waals surface area contributed by atoms with E-state index < -0.39 is 10.0 Å². The van der Waals surface area contributed by atoms with Gasteiger partial charge in [-0.05, 0) is 24.3 Å². The second-order valence-electron chi connectivity index (χ2n) is 7.23. The Morgan fingerprint density at radius 3 is 2.55 bits per heavy atom. The Bertz CT molecular complexity index is 1130. The first-order valence-electron chi connectivity index (χ1n) is 9.97. The van der Waals surface area contributed by atoms with Crippen LogP contribution in [0.3, 0.4) is 0 Å². The maximum atomic E-state index is 13.3. The summed E-state index contributed by atoms with van der Waals surface area (Å²) in [7, 11) is -3.48. The topological polar surface area (TPSA) is 70.6 Å². The first-order chi connectivity index (χ1) is 15.0. The molecule has 6 nitrogen and oxygen atoms in total. The van der Waals surface area contributed by atoms with Gasteiger partial charge in [0.05, 0.1) is 5.69 Å². The van der Waals surface area contributed by atoms with Crippen molar-refractivity contribution < 1.29 is 13.2 Å². The molecular weight excluding hydrogens is 450 g/mol. The van der Waals surface area contributed by atoms with E-state index in [9.17, 15) is 13.2 Å². The number of thiazole rings is 1. The molecule has 1 aliphatic rings. The van der Waals surface area contributed by atoms with E-state index in [1.807, 2.05) is 35.7 Å². The van der Waals surface area contributed by atoms with E-state index in [1.54, 1.807) is 28.5 Å². The van der Waals surface area contributed by atoms with Crippen LogP contribution in [0.4, 0.5) is 5.13 Å². The second-order valence-corrected chi connectivity index (χ2v) is 11.2. The fraction of sp³-hybridized carbons (Fsp3) is 0.273. The minimum absolute atomic E-state index is 0.0259. The fourth-order valence-electron chi connectivity index (χ4n) is 3.62. The molecule has 0 spiro atoms. The van der Waals surface area contributed by atoms with Crippen molar-refractivity contribution in [2.75, 3.05) is 24.5 Å². The molecule has 0 N–H and O–H groups in total. The summed E-state index contributed by atoms with van der Waals surface area (Å²) < 4.78 is 27.3. The van der Waals surface area contributed by atoms with Gasteiger partial charge in [-0.15, -0.1) is 29.3 Å². The van der Waals surface area contributed by atoms with Gasteiger partial charge < -0.3 is 0 Å². The summed E-state index contributed by atoms with van der Waals surface area (Å²) in [6.07, 6.45) is 2.68. The van der Waals surface area contributed by atoms with Crippen molar-refractivity contribution in [2.45, 2.75) is 17.1 Å². The molecule has 4 rings (SSSR count). The molecule has 0 aliphatic carbocycles. The molecule has 0 unspecified atom stereocenters. The fourth-order valence-corrected chi connectivity index (χ4v) is 7.09. The van der Waals surface area contributed by atoms with Gasteiger partial charge in [0, 0.05) is 36.5 Å². The molecular formula is C22H23N3O3S3. The van der Waals surface area contributed by atoms with Crippen molar-refractivity contribution in [1.29, 1.82) is 0 Å². The predicted molar refractivity (Wildman–Crippen MR) is 126 cm³/mol. The molecule has 1 saturated heterocycles. The minimum atomic E-state index is -3.48. The van der Waals surface area contributed by atoms with Crippen molar-refractivity contribution in [1.82, 2.24) is 9.29 Å². The van der Waals surface area contributed by atoms with Crippen molar-refractivity contribution in [2.24, 2.45) is 5.92 Å². The van der Waals surface area contributed by atoms with Crippen LogP contribution in [0.25, 0.3) is 11.3 Å². The summed E-state index contributed by atoms with van der Waals surface area (Å²) in [5.41, 5.74) is 1.84. The lowest BCUT2D eigenvalue weighted by molar-refractivity contribution is -0.123.